The molecule has 6 rings (SSSR count). The number of rotatable bonds is 13. The van der Waals surface area contributed by atoms with Gasteiger partial charge >= 0.3 is 7.12 Å². The number of nitrogens with zero attached hydrogens (tertiary/aromatic N) is 2. The minimum Gasteiger partial charge on any atom is -0.404 e. The van der Waals surface area contributed by atoms with Crippen LogP contribution >= 0.6 is 0 Å². The van der Waals surface area contributed by atoms with Gasteiger partial charge in [0.2, 0.25) is 5.91 Å². The average Bonchev–Trinajstić information content (AvgIpc) is 3.33. The Balaban J connectivity index is 0.00000461. The lowest BCUT2D eigenvalue weighted by atomic mass is 9.43. The van der Waals surface area contributed by atoms with Crippen molar-refractivity contribution < 1.29 is 19.1 Å². The maximum absolute atomic E-state index is 14.0. The summed E-state index contributed by atoms with van der Waals surface area (Å²) in [5, 5.41) is 15.6. The average molecular weight is 622 g/mol. The number of benzene rings is 2. The third-order valence-electron chi connectivity index (χ3n) is 10.5. The molecule has 6 atom stereocenters. The molecule has 246 valence electrons. The summed E-state index contributed by atoms with van der Waals surface area (Å²) < 4.78 is 13.4. The molecule has 4 aliphatic rings. The number of fused-ring (bicyclic) bond motifs is 1. The van der Waals surface area contributed by atoms with Gasteiger partial charge in [0.25, 0.3) is 5.96 Å². The lowest BCUT2D eigenvalue weighted by Crippen LogP contribution is -2.65. The van der Waals surface area contributed by atoms with E-state index >= 15 is 0 Å². The monoisotopic (exact) mass is 621 g/mol. The highest BCUT2D eigenvalue weighted by Crippen LogP contribution is 2.65. The topological polar surface area (TPSA) is 141 Å². The number of carbonyl (C=O) groups excluding carboxylic acids is 1. The van der Waals surface area contributed by atoms with Gasteiger partial charge < -0.3 is 20.4 Å². The third-order valence-corrected chi connectivity index (χ3v) is 10.5. The van der Waals surface area contributed by atoms with Gasteiger partial charge in [-0.15, -0.1) is 0 Å². The van der Waals surface area contributed by atoms with Gasteiger partial charge in [0.05, 0.1) is 17.6 Å². The Morgan fingerprint density at radius 2 is 1.89 bits per heavy atom. The van der Waals surface area contributed by atoms with E-state index in [0.717, 1.165) is 19.3 Å². The molecule has 0 unspecified atom stereocenters. The van der Waals surface area contributed by atoms with Crippen LogP contribution < -0.4 is 16.5 Å². The van der Waals surface area contributed by atoms with E-state index in [9.17, 15) is 14.9 Å². The molecule has 3 aliphatic carbocycles. The number of hydrazine groups is 1. The molecule has 0 radical (unpaired) electrons. The second-order valence-corrected chi connectivity index (χ2v) is 14.3. The van der Waals surface area contributed by atoms with E-state index < -0.39 is 12.2 Å². The number of nitrogens with two attached hydrogens (primary N) is 1. The molecule has 11 heteroatoms. The van der Waals surface area contributed by atoms with Crippen LogP contribution in [0.2, 0.25) is 0 Å². The van der Waals surface area contributed by atoms with Gasteiger partial charge in [-0.05, 0) is 91.4 Å². The summed E-state index contributed by atoms with van der Waals surface area (Å²) in [5.74, 6) is 0.655. The van der Waals surface area contributed by atoms with Crippen molar-refractivity contribution in [2.24, 2.45) is 39.8 Å². The molecule has 4 N–H and O–H groups in total. The number of carbonyl (C=O) groups is 1. The van der Waals surface area contributed by atoms with Crippen molar-refractivity contribution >= 4 is 29.8 Å². The van der Waals surface area contributed by atoms with Gasteiger partial charge in [-0.2, -0.15) is 0 Å². The van der Waals surface area contributed by atoms with Gasteiger partial charge in [0, 0.05) is 12.5 Å². The van der Waals surface area contributed by atoms with Gasteiger partial charge in [0.15, 0.2) is 5.03 Å². The van der Waals surface area contributed by atoms with E-state index in [0.29, 0.717) is 37.0 Å². The van der Waals surface area contributed by atoms with Gasteiger partial charge in [-0.25, -0.2) is 15.1 Å². The Labute approximate surface area is 268 Å². The molecule has 10 nitrogen and oxygen atoms in total. The zero-order valence-electron chi connectivity index (χ0n) is 26.8. The predicted octanol–water partition coefficient (Wildman–Crippen LogP) is 5.70. The number of aliphatic imine (C=N–C) groups is 1. The number of hydrogen-bond acceptors (Lipinski definition) is 6. The molecule has 0 aromatic heterocycles. The molecule has 0 spiro atoms. The van der Waals surface area contributed by atoms with Crippen LogP contribution in [0.1, 0.15) is 86.1 Å². The molecule has 1 amide bonds. The maximum atomic E-state index is 14.0. The van der Waals surface area contributed by atoms with Crippen LogP contribution in [0.3, 0.4) is 0 Å². The van der Waals surface area contributed by atoms with Crippen molar-refractivity contribution in [3.63, 3.8) is 0 Å². The summed E-state index contributed by atoms with van der Waals surface area (Å²) in [5.41, 5.74) is 8.55. The molecule has 3 saturated carbocycles. The summed E-state index contributed by atoms with van der Waals surface area (Å²) in [6, 6.07) is 14.7. The van der Waals surface area contributed by atoms with Crippen molar-refractivity contribution in [1.29, 1.82) is 0 Å². The molecule has 4 fully saturated rings. The largest absolute Gasteiger partial charge is 0.481 e. The Morgan fingerprint density at radius 3 is 2.58 bits per heavy atom. The van der Waals surface area contributed by atoms with Gasteiger partial charge in [-0.3, -0.25) is 4.79 Å². The Morgan fingerprint density at radius 1 is 1.16 bits per heavy atom. The van der Waals surface area contributed by atoms with E-state index in [2.05, 4.69) is 75.3 Å². The highest BCUT2D eigenvalue weighted by molar-refractivity contribution is 6.47. The lowest BCUT2D eigenvalue weighted by Gasteiger charge is -2.64. The number of hydrogen-bond donors (Lipinski definition) is 3. The summed E-state index contributed by atoms with van der Waals surface area (Å²) in [6.07, 6.45) is 5.54. The second-order valence-electron chi connectivity index (χ2n) is 14.3. The molecule has 2 aromatic rings. The minimum atomic E-state index is -0.735. The number of nitro groups is 1. The van der Waals surface area contributed by atoms with Crippen molar-refractivity contribution in [2.75, 3.05) is 6.54 Å². The summed E-state index contributed by atoms with van der Waals surface area (Å²) in [6.45, 7) is 11.5. The van der Waals surface area contributed by atoms with E-state index in [4.69, 9.17) is 15.0 Å². The van der Waals surface area contributed by atoms with Crippen LogP contribution in [0, 0.1) is 39.2 Å². The van der Waals surface area contributed by atoms with Crippen LogP contribution in [-0.4, -0.2) is 48.2 Å². The van der Waals surface area contributed by atoms with E-state index in [1.807, 2.05) is 17.6 Å². The number of nitrogens with one attached hydrogen (secondary N) is 2. The van der Waals surface area contributed by atoms with Gasteiger partial charge in [-0.1, -0.05) is 83.0 Å². The summed E-state index contributed by atoms with van der Waals surface area (Å²) in [7, 11) is -0.481. The fraction of sp³-hybridized carbons (Fsp3) is 0.647. The normalized spacial score (nSPS) is 26.4. The smallest absolute Gasteiger partial charge is 0.404 e. The van der Waals surface area contributed by atoms with Crippen molar-refractivity contribution in [2.45, 2.75) is 105 Å². The highest BCUT2D eigenvalue weighted by atomic mass is 16.7. The highest BCUT2D eigenvalue weighted by Gasteiger charge is 2.68. The van der Waals surface area contributed by atoms with E-state index in [-0.39, 0.29) is 54.8 Å². The zero-order valence-corrected chi connectivity index (χ0v) is 26.8. The quantitative estimate of drug-likeness (QED) is 0.0651. The second kappa shape index (κ2) is 14.1. The van der Waals surface area contributed by atoms with Crippen LogP contribution in [-0.2, 0) is 20.5 Å². The molecule has 2 aromatic carbocycles. The first-order chi connectivity index (χ1) is 20.9. The zero-order chi connectivity index (χ0) is 31.6. The Hall–Kier alpha value is -3.18. The van der Waals surface area contributed by atoms with Crippen LogP contribution in [0.15, 0.2) is 47.5 Å². The predicted molar refractivity (Wildman–Crippen MR) is 180 cm³/mol. The summed E-state index contributed by atoms with van der Waals surface area (Å²) in [4.78, 5) is 28.7. The molecule has 1 saturated heterocycles. The maximum Gasteiger partial charge on any atom is 0.481 e. The van der Waals surface area contributed by atoms with Crippen LogP contribution in [0.5, 0.6) is 0 Å². The molecular weight excluding hydrogens is 569 g/mol. The Bertz CT molecular complexity index is 1390. The van der Waals surface area contributed by atoms with Crippen molar-refractivity contribution in [1.82, 2.24) is 10.7 Å². The van der Waals surface area contributed by atoms with E-state index in [1.165, 1.54) is 22.8 Å². The van der Waals surface area contributed by atoms with Crippen LogP contribution in [0.25, 0.3) is 10.8 Å². The van der Waals surface area contributed by atoms with Gasteiger partial charge in [0.1, 0.15) is 0 Å². The molecule has 1 heterocycles. The van der Waals surface area contributed by atoms with E-state index in [1.54, 1.807) is 0 Å². The first-order valence-electron chi connectivity index (χ1n) is 16.2. The lowest BCUT2D eigenvalue weighted by molar-refractivity contribution is -0.525. The first kappa shape index (κ1) is 34.7. The third kappa shape index (κ3) is 7.63. The van der Waals surface area contributed by atoms with Crippen molar-refractivity contribution in [3.05, 3.63) is 58.1 Å². The van der Waals surface area contributed by atoms with Crippen LogP contribution in [0.4, 0.5) is 0 Å². The fourth-order valence-electron chi connectivity index (χ4n) is 7.93. The molecular formula is C34H52BN5O5. The molecule has 2 bridgehead atoms. The fourth-order valence-corrected chi connectivity index (χ4v) is 7.93. The number of guanidine groups is 1. The molecule has 1 aliphatic heterocycles. The van der Waals surface area contributed by atoms with Crippen molar-refractivity contribution in [3.8, 4) is 0 Å². The summed E-state index contributed by atoms with van der Waals surface area (Å²) >= 11 is 0. The standard InChI is InChI=1S/C33H48BN5O5.CH4/c1-21(2)17-29(34-43-28-20-26-19-27(32(26,3)4)33(28,5)44-34)37-30(40)24(11-8-16-36-31(35)38-39(41)42)15-13-22-12-14-23-9-6-7-10-25(23)18-22;/h6-7,9-10,12,14,18,21,24,26-29H,8,11,13,15-17,19-20H2,1-5H3,(H,37,40)(H3,35,36,38);1H4/t24-,26+,27+,28-,29+,33+;/m1./s1. The Kier molecular flexibility index (Phi) is 10.9. The first-order valence-corrected chi connectivity index (χ1v) is 16.2. The number of aryl methyl sites for hydroxylation is 1. The molecule has 45 heavy (non-hydrogen) atoms. The number of amides is 1. The SMILES string of the molecule is C.CC(C)C[C@H](NC(=O)[C@H](CCCN=C(N)N[N+](=O)[O-])CCc1ccc2ccccc2c1)B1O[C@@H]2C[C@@H]3C[C@@H](C3(C)C)[C@]2(C)O1. The minimum absolute atomic E-state index is 0.